The van der Waals surface area contributed by atoms with E-state index in [4.69, 9.17) is 0 Å². The van der Waals surface area contributed by atoms with E-state index in [2.05, 4.69) is 52.2 Å². The van der Waals surface area contributed by atoms with Crippen molar-refractivity contribution in [2.24, 2.45) is 0 Å². The highest BCUT2D eigenvalue weighted by Gasteiger charge is 2.16. The molecule has 0 aliphatic carbocycles. The molecule has 1 heteroatoms. The Balaban J connectivity index is 1.92. The zero-order valence-electron chi connectivity index (χ0n) is 21.2. The molecule has 0 atom stereocenters. The third-order valence-electron chi connectivity index (χ3n) is 6.71. The summed E-state index contributed by atoms with van der Waals surface area (Å²) in [5, 5.41) is 0. The van der Waals surface area contributed by atoms with Gasteiger partial charge in [-0.25, -0.2) is 0 Å². The van der Waals surface area contributed by atoms with Crippen molar-refractivity contribution in [3.63, 3.8) is 0 Å². The number of rotatable bonds is 20. The van der Waals surface area contributed by atoms with E-state index in [9.17, 15) is 0 Å². The van der Waals surface area contributed by atoms with Gasteiger partial charge >= 0.3 is 0 Å². The van der Waals surface area contributed by atoms with Crippen molar-refractivity contribution in [2.45, 2.75) is 130 Å². The molecule has 0 unspecified atom stereocenters. The van der Waals surface area contributed by atoms with E-state index in [-0.39, 0.29) is 0 Å². The number of aryl methyl sites for hydroxylation is 1. The van der Waals surface area contributed by atoms with Crippen molar-refractivity contribution in [3.8, 4) is 0 Å². The number of unbranched alkanes of at least 4 members (excludes halogenated alkanes) is 15. The van der Waals surface area contributed by atoms with Crippen LogP contribution in [0, 0.1) is 0 Å². The van der Waals surface area contributed by atoms with E-state index in [1.165, 1.54) is 121 Å². The van der Waals surface area contributed by atoms with Crippen LogP contribution in [0.4, 0.5) is 0 Å². The average Bonchev–Trinajstić information content (AvgIpc) is 2.73. The van der Waals surface area contributed by atoms with Crippen molar-refractivity contribution in [1.29, 1.82) is 0 Å². The van der Waals surface area contributed by atoms with Gasteiger partial charge in [0.1, 0.15) is 6.54 Å². The summed E-state index contributed by atoms with van der Waals surface area (Å²) in [6.45, 7) is 7.04. The molecule has 0 aliphatic heterocycles. The molecule has 0 N–H and O–H groups in total. The first kappa shape index (κ1) is 27.2. The molecule has 0 radical (unpaired) electrons. The minimum absolute atomic E-state index is 1.12. The number of benzene rings is 1. The standard InChI is InChI=1S/C29H54N/c1-5-7-8-9-10-11-12-13-14-15-16-17-18-19-20-23-26-30(3,4)27-29-25-22-21-24-28(29)6-2/h21-22,24-25H,5-20,23,26-27H2,1-4H3/q+1. The van der Waals surface area contributed by atoms with Crippen molar-refractivity contribution in [2.75, 3.05) is 20.6 Å². The number of hydrogen-bond donors (Lipinski definition) is 0. The summed E-state index contributed by atoms with van der Waals surface area (Å²) < 4.78 is 1.12. The number of quaternary nitrogens is 1. The molecule has 0 fully saturated rings. The van der Waals surface area contributed by atoms with Gasteiger partial charge in [-0.05, 0) is 24.8 Å². The summed E-state index contributed by atoms with van der Waals surface area (Å²) in [4.78, 5) is 0. The highest BCUT2D eigenvalue weighted by molar-refractivity contribution is 5.26. The molecular formula is C29H54N+. The van der Waals surface area contributed by atoms with Gasteiger partial charge in [-0.3, -0.25) is 0 Å². The first-order chi connectivity index (χ1) is 14.6. The maximum Gasteiger partial charge on any atom is 0.104 e. The third-order valence-corrected chi connectivity index (χ3v) is 6.71. The molecule has 1 aromatic rings. The Bertz CT molecular complexity index is 505. The van der Waals surface area contributed by atoms with E-state index in [1.54, 1.807) is 5.56 Å². The summed E-state index contributed by atoms with van der Waals surface area (Å²) in [6, 6.07) is 9.00. The fourth-order valence-corrected chi connectivity index (χ4v) is 4.68. The van der Waals surface area contributed by atoms with Gasteiger partial charge in [0.25, 0.3) is 0 Å². The van der Waals surface area contributed by atoms with E-state index >= 15 is 0 Å². The molecule has 0 spiro atoms. The Morgan fingerprint density at radius 2 is 0.933 bits per heavy atom. The van der Waals surface area contributed by atoms with Crippen LogP contribution in [0.25, 0.3) is 0 Å². The fourth-order valence-electron chi connectivity index (χ4n) is 4.68. The van der Waals surface area contributed by atoms with Crippen LogP contribution < -0.4 is 0 Å². The summed E-state index contributed by atoms with van der Waals surface area (Å²) in [5.74, 6) is 0. The van der Waals surface area contributed by atoms with Gasteiger partial charge in [0.05, 0.1) is 20.6 Å². The van der Waals surface area contributed by atoms with E-state index in [1.807, 2.05) is 0 Å². The van der Waals surface area contributed by atoms with Crippen molar-refractivity contribution < 1.29 is 4.48 Å². The lowest BCUT2D eigenvalue weighted by Gasteiger charge is -2.30. The van der Waals surface area contributed by atoms with E-state index < -0.39 is 0 Å². The topological polar surface area (TPSA) is 0 Å². The lowest BCUT2D eigenvalue weighted by Crippen LogP contribution is -2.39. The smallest absolute Gasteiger partial charge is 0.104 e. The van der Waals surface area contributed by atoms with E-state index in [0.29, 0.717) is 0 Å². The second kappa shape index (κ2) is 17.8. The largest absolute Gasteiger partial charge is 0.325 e. The van der Waals surface area contributed by atoms with Gasteiger partial charge in [-0.2, -0.15) is 0 Å². The second-order valence-electron chi connectivity index (χ2n) is 10.2. The number of hydrogen-bond acceptors (Lipinski definition) is 0. The Labute approximate surface area is 190 Å². The molecule has 0 saturated carbocycles. The zero-order valence-corrected chi connectivity index (χ0v) is 21.2. The van der Waals surface area contributed by atoms with Crippen molar-refractivity contribution >= 4 is 0 Å². The second-order valence-corrected chi connectivity index (χ2v) is 10.2. The van der Waals surface area contributed by atoms with Crippen LogP contribution in [0.1, 0.15) is 128 Å². The van der Waals surface area contributed by atoms with Crippen LogP contribution in [0.15, 0.2) is 24.3 Å². The first-order valence-electron chi connectivity index (χ1n) is 13.5. The Kier molecular flexibility index (Phi) is 16.2. The van der Waals surface area contributed by atoms with Crippen LogP contribution in [0.3, 0.4) is 0 Å². The molecule has 0 amide bonds. The minimum atomic E-state index is 1.12. The summed E-state index contributed by atoms with van der Waals surface area (Å²) in [5.41, 5.74) is 3.07. The molecule has 0 aromatic heterocycles. The van der Waals surface area contributed by atoms with Gasteiger partial charge in [0.15, 0.2) is 0 Å². The third kappa shape index (κ3) is 14.2. The van der Waals surface area contributed by atoms with Crippen molar-refractivity contribution in [1.82, 2.24) is 0 Å². The minimum Gasteiger partial charge on any atom is -0.325 e. The van der Waals surface area contributed by atoms with E-state index in [0.717, 1.165) is 10.9 Å². The molecule has 1 aromatic carbocycles. The summed E-state index contributed by atoms with van der Waals surface area (Å²) in [7, 11) is 4.80. The van der Waals surface area contributed by atoms with Crippen LogP contribution in [-0.2, 0) is 13.0 Å². The fraction of sp³-hybridized carbons (Fsp3) is 0.793. The molecule has 0 saturated heterocycles. The van der Waals surface area contributed by atoms with Gasteiger partial charge in [-0.1, -0.05) is 128 Å². The predicted octanol–water partition coefficient (Wildman–Crippen LogP) is 9.09. The maximum absolute atomic E-state index is 2.40. The molecule has 0 bridgehead atoms. The Morgan fingerprint density at radius 3 is 1.37 bits per heavy atom. The van der Waals surface area contributed by atoms with Gasteiger partial charge < -0.3 is 4.48 Å². The lowest BCUT2D eigenvalue weighted by molar-refractivity contribution is -0.903. The molecule has 30 heavy (non-hydrogen) atoms. The highest BCUT2D eigenvalue weighted by Crippen LogP contribution is 2.17. The van der Waals surface area contributed by atoms with Crippen LogP contribution in [0.2, 0.25) is 0 Å². The van der Waals surface area contributed by atoms with Gasteiger partial charge in [0.2, 0.25) is 0 Å². The number of nitrogens with zero attached hydrogens (tertiary/aromatic N) is 1. The first-order valence-corrected chi connectivity index (χ1v) is 13.5. The molecule has 1 nitrogen and oxygen atoms in total. The van der Waals surface area contributed by atoms with Gasteiger partial charge in [0, 0.05) is 5.56 Å². The van der Waals surface area contributed by atoms with Crippen LogP contribution in [-0.4, -0.2) is 25.1 Å². The molecule has 0 aliphatic rings. The Morgan fingerprint density at radius 1 is 0.533 bits per heavy atom. The van der Waals surface area contributed by atoms with Crippen molar-refractivity contribution in [3.05, 3.63) is 35.4 Å². The summed E-state index contributed by atoms with van der Waals surface area (Å²) in [6.07, 6.45) is 24.3. The normalized spacial score (nSPS) is 11.9. The highest BCUT2D eigenvalue weighted by atomic mass is 15.3. The van der Waals surface area contributed by atoms with Crippen LogP contribution in [0.5, 0.6) is 0 Å². The average molecular weight is 417 g/mol. The maximum atomic E-state index is 2.40. The zero-order chi connectivity index (χ0) is 21.9. The molecule has 174 valence electrons. The monoisotopic (exact) mass is 416 g/mol. The molecular weight excluding hydrogens is 362 g/mol. The molecule has 0 heterocycles. The predicted molar refractivity (Wildman–Crippen MR) is 136 cm³/mol. The quantitative estimate of drug-likeness (QED) is 0.147. The summed E-state index contributed by atoms with van der Waals surface area (Å²) >= 11 is 0. The molecule has 1 rings (SSSR count). The SMILES string of the molecule is CCCCCCCCCCCCCCCCCC[N+](C)(C)Cc1ccccc1CC. The Hall–Kier alpha value is -0.820. The van der Waals surface area contributed by atoms with Gasteiger partial charge in [-0.15, -0.1) is 0 Å². The lowest BCUT2D eigenvalue weighted by atomic mass is 10.0. The van der Waals surface area contributed by atoms with Crippen LogP contribution >= 0.6 is 0 Å².